The van der Waals surface area contributed by atoms with Crippen molar-refractivity contribution in [2.24, 2.45) is 0 Å². The fraction of sp³-hybridized carbons (Fsp3) is 0.333. The quantitative estimate of drug-likeness (QED) is 0.878. The molecule has 0 aliphatic carbocycles. The van der Waals surface area contributed by atoms with Gasteiger partial charge in [0, 0.05) is 12.0 Å². The van der Waals surface area contributed by atoms with Crippen LogP contribution in [0.4, 0.5) is 4.39 Å². The zero-order valence-electron chi connectivity index (χ0n) is 8.97. The second-order valence-electron chi connectivity index (χ2n) is 3.61. The Bertz CT molecular complexity index is 419. The monoisotopic (exact) mass is 241 g/mol. The lowest BCUT2D eigenvalue weighted by molar-refractivity contribution is 0.217. The van der Waals surface area contributed by atoms with Crippen molar-refractivity contribution < 1.29 is 9.13 Å². The smallest absolute Gasteiger partial charge is 0.147 e. The Balaban J connectivity index is 2.36. The molecule has 16 heavy (non-hydrogen) atoms. The lowest BCUT2D eigenvalue weighted by Crippen LogP contribution is -2.20. The topological polar surface area (TPSA) is 21.3 Å². The Morgan fingerprint density at radius 1 is 1.50 bits per heavy atom. The summed E-state index contributed by atoms with van der Waals surface area (Å²) in [5.41, 5.74) is 0.517. The van der Waals surface area contributed by atoms with E-state index in [0.29, 0.717) is 12.2 Å². The summed E-state index contributed by atoms with van der Waals surface area (Å²) >= 11 is 5.76. The third-order valence-corrected chi connectivity index (χ3v) is 2.89. The van der Waals surface area contributed by atoms with Gasteiger partial charge in [-0.1, -0.05) is 23.7 Å². The van der Waals surface area contributed by atoms with Gasteiger partial charge >= 0.3 is 0 Å². The molecule has 1 heterocycles. The molecular formula is C12H13ClFNO. The highest BCUT2D eigenvalue weighted by Crippen LogP contribution is 2.30. The van der Waals surface area contributed by atoms with Gasteiger partial charge in [-0.15, -0.1) is 0 Å². The number of hydrogen-bond donors (Lipinski definition) is 1. The normalized spacial score (nSPS) is 16.8. The first kappa shape index (κ1) is 11.4. The minimum absolute atomic E-state index is 0.136. The van der Waals surface area contributed by atoms with Gasteiger partial charge in [0.05, 0.1) is 17.7 Å². The maximum atomic E-state index is 13.8. The van der Waals surface area contributed by atoms with Crippen molar-refractivity contribution in [1.29, 1.82) is 0 Å². The summed E-state index contributed by atoms with van der Waals surface area (Å²) in [4.78, 5) is 0. The molecule has 1 aromatic carbocycles. The number of benzene rings is 1. The van der Waals surface area contributed by atoms with E-state index in [1.807, 2.05) is 6.08 Å². The average molecular weight is 242 g/mol. The zero-order valence-corrected chi connectivity index (χ0v) is 9.72. The standard InChI is InChI=1S/C12H13ClFNO/c1-15-12(10-6-3-7-16-10)8-4-2-5-9(13)11(8)14/h2,4-6,12,15H,3,7H2,1H3. The molecule has 86 valence electrons. The van der Waals surface area contributed by atoms with Crippen LogP contribution in [0.2, 0.25) is 5.02 Å². The van der Waals surface area contributed by atoms with Crippen molar-refractivity contribution in [2.45, 2.75) is 12.5 Å². The van der Waals surface area contributed by atoms with E-state index in [-0.39, 0.29) is 16.9 Å². The van der Waals surface area contributed by atoms with Gasteiger partial charge in [-0.25, -0.2) is 4.39 Å². The predicted molar refractivity (Wildman–Crippen MR) is 61.9 cm³/mol. The average Bonchev–Trinajstić information content (AvgIpc) is 2.79. The summed E-state index contributed by atoms with van der Waals surface area (Å²) in [6.45, 7) is 0.662. The molecule has 1 atom stereocenters. The van der Waals surface area contributed by atoms with Crippen molar-refractivity contribution >= 4 is 11.6 Å². The molecule has 0 saturated heterocycles. The molecule has 0 spiro atoms. The molecular weight excluding hydrogens is 229 g/mol. The molecule has 0 amide bonds. The van der Waals surface area contributed by atoms with Crippen LogP contribution in [0.5, 0.6) is 0 Å². The minimum Gasteiger partial charge on any atom is -0.496 e. The Morgan fingerprint density at radius 2 is 2.31 bits per heavy atom. The van der Waals surface area contributed by atoms with E-state index in [9.17, 15) is 4.39 Å². The molecule has 1 N–H and O–H groups in total. The van der Waals surface area contributed by atoms with E-state index in [2.05, 4.69) is 5.32 Å². The van der Waals surface area contributed by atoms with Crippen LogP contribution in [0.25, 0.3) is 0 Å². The van der Waals surface area contributed by atoms with E-state index in [1.54, 1.807) is 19.2 Å². The molecule has 1 aromatic rings. The van der Waals surface area contributed by atoms with Gasteiger partial charge in [-0.05, 0) is 19.2 Å². The van der Waals surface area contributed by atoms with Gasteiger partial charge < -0.3 is 10.1 Å². The van der Waals surface area contributed by atoms with Crippen LogP contribution in [0.1, 0.15) is 18.0 Å². The molecule has 1 aliphatic rings. The summed E-state index contributed by atoms with van der Waals surface area (Å²) in [7, 11) is 1.77. The first-order valence-electron chi connectivity index (χ1n) is 5.18. The number of rotatable bonds is 3. The molecule has 0 aromatic heterocycles. The lowest BCUT2D eigenvalue weighted by Gasteiger charge is -2.18. The Morgan fingerprint density at radius 3 is 2.94 bits per heavy atom. The van der Waals surface area contributed by atoms with Crippen molar-refractivity contribution in [2.75, 3.05) is 13.7 Å². The maximum Gasteiger partial charge on any atom is 0.147 e. The SMILES string of the molecule is CNC(C1=CCCO1)c1cccc(Cl)c1F. The van der Waals surface area contributed by atoms with Crippen LogP contribution in [-0.2, 0) is 4.74 Å². The molecule has 0 bridgehead atoms. The van der Waals surface area contributed by atoms with Crippen LogP contribution in [0.3, 0.4) is 0 Å². The maximum absolute atomic E-state index is 13.8. The van der Waals surface area contributed by atoms with Crippen LogP contribution >= 0.6 is 11.6 Å². The van der Waals surface area contributed by atoms with Gasteiger partial charge in [0.25, 0.3) is 0 Å². The van der Waals surface area contributed by atoms with Gasteiger partial charge in [0.15, 0.2) is 0 Å². The highest BCUT2D eigenvalue weighted by atomic mass is 35.5. The summed E-state index contributed by atoms with van der Waals surface area (Å²) in [5.74, 6) is 0.378. The van der Waals surface area contributed by atoms with Crippen molar-refractivity contribution in [3.63, 3.8) is 0 Å². The van der Waals surface area contributed by atoms with E-state index >= 15 is 0 Å². The third-order valence-electron chi connectivity index (χ3n) is 2.60. The van der Waals surface area contributed by atoms with Gasteiger partial charge in [-0.3, -0.25) is 0 Å². The Labute approximate surface area is 99.1 Å². The lowest BCUT2D eigenvalue weighted by atomic mass is 10.0. The largest absolute Gasteiger partial charge is 0.496 e. The van der Waals surface area contributed by atoms with Crippen LogP contribution in [-0.4, -0.2) is 13.7 Å². The van der Waals surface area contributed by atoms with Crippen LogP contribution in [0, 0.1) is 5.82 Å². The summed E-state index contributed by atoms with van der Waals surface area (Å²) in [6.07, 6.45) is 2.84. The van der Waals surface area contributed by atoms with Gasteiger partial charge in [0.2, 0.25) is 0 Å². The van der Waals surface area contributed by atoms with Gasteiger partial charge in [0.1, 0.15) is 11.6 Å². The van der Waals surface area contributed by atoms with Crippen LogP contribution < -0.4 is 5.32 Å². The Kier molecular flexibility index (Phi) is 3.46. The predicted octanol–water partition coefficient (Wildman–Crippen LogP) is 3.04. The second kappa shape index (κ2) is 4.85. The number of likely N-dealkylation sites (N-methyl/N-ethyl adjacent to an activating group) is 1. The van der Waals surface area contributed by atoms with Crippen molar-refractivity contribution in [3.8, 4) is 0 Å². The number of ether oxygens (including phenoxy) is 1. The highest BCUT2D eigenvalue weighted by Gasteiger charge is 2.22. The molecule has 1 unspecified atom stereocenters. The first-order valence-corrected chi connectivity index (χ1v) is 5.56. The molecule has 0 radical (unpaired) electrons. The fourth-order valence-electron chi connectivity index (χ4n) is 1.83. The first-order chi connectivity index (χ1) is 7.74. The fourth-order valence-corrected chi connectivity index (χ4v) is 2.01. The zero-order chi connectivity index (χ0) is 11.5. The summed E-state index contributed by atoms with van der Waals surface area (Å²) < 4.78 is 19.3. The molecule has 0 fully saturated rings. The third kappa shape index (κ3) is 2.06. The summed E-state index contributed by atoms with van der Waals surface area (Å²) in [6, 6.07) is 4.73. The van der Waals surface area contributed by atoms with Gasteiger partial charge in [-0.2, -0.15) is 0 Å². The Hall–Kier alpha value is -1.06. The highest BCUT2D eigenvalue weighted by molar-refractivity contribution is 6.30. The number of hydrogen-bond acceptors (Lipinski definition) is 2. The number of halogens is 2. The van der Waals surface area contributed by atoms with E-state index in [4.69, 9.17) is 16.3 Å². The second-order valence-corrected chi connectivity index (χ2v) is 4.02. The molecule has 0 saturated carbocycles. The molecule has 4 heteroatoms. The van der Waals surface area contributed by atoms with Crippen molar-refractivity contribution in [1.82, 2.24) is 5.32 Å². The van der Waals surface area contributed by atoms with E-state index in [1.165, 1.54) is 6.07 Å². The van der Waals surface area contributed by atoms with E-state index < -0.39 is 0 Å². The summed E-state index contributed by atoms with van der Waals surface area (Å²) in [5, 5.41) is 3.17. The minimum atomic E-state index is -0.389. The van der Waals surface area contributed by atoms with E-state index in [0.717, 1.165) is 12.2 Å². The number of nitrogens with one attached hydrogen (secondary N) is 1. The molecule has 2 rings (SSSR count). The molecule has 2 nitrogen and oxygen atoms in total. The molecule has 1 aliphatic heterocycles. The van der Waals surface area contributed by atoms with Crippen molar-refractivity contribution in [3.05, 3.63) is 46.4 Å². The van der Waals surface area contributed by atoms with Crippen LogP contribution in [0.15, 0.2) is 30.0 Å².